The Balaban J connectivity index is 2.06. The van der Waals surface area contributed by atoms with Gasteiger partial charge in [-0.2, -0.15) is 0 Å². The molecule has 1 N–H and O–H groups in total. The third-order valence-corrected chi connectivity index (χ3v) is 3.66. The molecule has 1 fully saturated rings. The van der Waals surface area contributed by atoms with Gasteiger partial charge in [0, 0.05) is 11.1 Å². The van der Waals surface area contributed by atoms with Crippen molar-refractivity contribution in [2.45, 2.75) is 51.4 Å². The van der Waals surface area contributed by atoms with E-state index in [-0.39, 0.29) is 12.1 Å². The second-order valence-electron chi connectivity index (χ2n) is 6.51. The molecule has 1 aromatic rings. The minimum absolute atomic E-state index is 0.0453. The second kappa shape index (κ2) is 6.24. The summed E-state index contributed by atoms with van der Waals surface area (Å²) in [5, 5.41) is 10.6. The number of aliphatic hydroxyl groups excluding tert-OH is 1. The number of likely N-dealkylation sites (tertiary alicyclic amines) is 1. The molecule has 2 atom stereocenters. The molecule has 5 heteroatoms. The van der Waals surface area contributed by atoms with Gasteiger partial charge in [0.05, 0.1) is 12.6 Å². The number of hydrogen-bond donors (Lipinski definition) is 1. The molecule has 4 nitrogen and oxygen atoms in total. The lowest BCUT2D eigenvalue weighted by atomic mass is 10.0. The Bertz CT molecular complexity index is 495. The Kier molecular flexibility index (Phi) is 4.79. The van der Waals surface area contributed by atoms with Crippen molar-refractivity contribution in [3.05, 3.63) is 34.9 Å². The first-order chi connectivity index (χ1) is 9.74. The van der Waals surface area contributed by atoms with E-state index in [4.69, 9.17) is 16.3 Å². The summed E-state index contributed by atoms with van der Waals surface area (Å²) in [5.74, 6) is 0. The predicted molar refractivity (Wildman–Crippen MR) is 82.5 cm³/mol. The monoisotopic (exact) mass is 311 g/mol. The third kappa shape index (κ3) is 4.61. The summed E-state index contributed by atoms with van der Waals surface area (Å²) in [4.78, 5) is 13.9. The Morgan fingerprint density at radius 1 is 1.38 bits per heavy atom. The molecule has 1 heterocycles. The SMILES string of the molecule is CC(C)(C)OC(=O)N1C[C@@H](O)C[C@@H]1Cc1ccc(Cl)cc1. The third-order valence-electron chi connectivity index (χ3n) is 3.40. The Hall–Kier alpha value is -1.26. The van der Waals surface area contributed by atoms with Gasteiger partial charge in [-0.25, -0.2) is 4.79 Å². The van der Waals surface area contributed by atoms with Crippen molar-refractivity contribution in [2.75, 3.05) is 6.54 Å². The molecular formula is C16H22ClNO3. The number of nitrogens with zero attached hydrogens (tertiary/aromatic N) is 1. The van der Waals surface area contributed by atoms with Crippen LogP contribution in [0.25, 0.3) is 0 Å². The van der Waals surface area contributed by atoms with Crippen molar-refractivity contribution < 1.29 is 14.6 Å². The highest BCUT2D eigenvalue weighted by Gasteiger charge is 2.36. The lowest BCUT2D eigenvalue weighted by molar-refractivity contribution is 0.0208. The first kappa shape index (κ1) is 16.1. The Morgan fingerprint density at radius 3 is 2.57 bits per heavy atom. The summed E-state index contributed by atoms with van der Waals surface area (Å²) in [6.45, 7) is 5.84. The van der Waals surface area contributed by atoms with Crippen molar-refractivity contribution in [1.82, 2.24) is 4.90 Å². The number of carbonyl (C=O) groups is 1. The molecular weight excluding hydrogens is 290 g/mol. The molecule has 0 bridgehead atoms. The van der Waals surface area contributed by atoms with Crippen molar-refractivity contribution in [3.63, 3.8) is 0 Å². The van der Waals surface area contributed by atoms with Gasteiger partial charge in [0.1, 0.15) is 5.60 Å². The van der Waals surface area contributed by atoms with Crippen molar-refractivity contribution in [3.8, 4) is 0 Å². The van der Waals surface area contributed by atoms with E-state index >= 15 is 0 Å². The molecule has 1 aliphatic heterocycles. The molecule has 1 aromatic carbocycles. The van der Waals surface area contributed by atoms with Crippen LogP contribution in [0.5, 0.6) is 0 Å². The summed E-state index contributed by atoms with van der Waals surface area (Å²) in [6.07, 6.45) is 0.405. The Labute approximate surface area is 130 Å². The highest BCUT2D eigenvalue weighted by molar-refractivity contribution is 6.30. The van der Waals surface area contributed by atoms with Gasteiger partial charge in [0.2, 0.25) is 0 Å². The van der Waals surface area contributed by atoms with Crippen LogP contribution in [0.15, 0.2) is 24.3 Å². The summed E-state index contributed by atoms with van der Waals surface area (Å²) in [5.41, 5.74) is 0.558. The molecule has 0 spiro atoms. The van der Waals surface area contributed by atoms with Crippen molar-refractivity contribution in [2.24, 2.45) is 0 Å². The molecule has 1 saturated heterocycles. The fourth-order valence-electron chi connectivity index (χ4n) is 2.52. The largest absolute Gasteiger partial charge is 0.444 e. The van der Waals surface area contributed by atoms with E-state index in [0.717, 1.165) is 5.56 Å². The zero-order chi connectivity index (χ0) is 15.6. The molecule has 2 rings (SSSR count). The van der Waals surface area contributed by atoms with E-state index in [1.165, 1.54) is 0 Å². The van der Waals surface area contributed by atoms with Crippen molar-refractivity contribution >= 4 is 17.7 Å². The normalized spacial score (nSPS) is 22.4. The minimum Gasteiger partial charge on any atom is -0.444 e. The van der Waals surface area contributed by atoms with Crippen LogP contribution in [0.3, 0.4) is 0 Å². The van der Waals surface area contributed by atoms with Gasteiger partial charge in [-0.3, -0.25) is 0 Å². The number of amides is 1. The van der Waals surface area contributed by atoms with Crippen LogP contribution in [0.4, 0.5) is 4.79 Å². The first-order valence-electron chi connectivity index (χ1n) is 7.17. The number of hydrogen-bond acceptors (Lipinski definition) is 3. The molecule has 1 aliphatic rings. The molecule has 116 valence electrons. The minimum atomic E-state index is -0.532. The number of halogens is 1. The van der Waals surface area contributed by atoms with E-state index in [1.54, 1.807) is 4.90 Å². The fraction of sp³-hybridized carbons (Fsp3) is 0.562. The summed E-state index contributed by atoms with van der Waals surface area (Å²) in [6, 6.07) is 7.51. The van der Waals surface area contributed by atoms with E-state index in [0.29, 0.717) is 24.4 Å². The quantitative estimate of drug-likeness (QED) is 0.912. The summed E-state index contributed by atoms with van der Waals surface area (Å²) < 4.78 is 5.41. The van der Waals surface area contributed by atoms with Gasteiger partial charge in [-0.15, -0.1) is 0 Å². The smallest absolute Gasteiger partial charge is 0.410 e. The average Bonchev–Trinajstić information content (AvgIpc) is 2.71. The maximum absolute atomic E-state index is 12.2. The molecule has 0 radical (unpaired) electrons. The fourth-order valence-corrected chi connectivity index (χ4v) is 2.65. The number of aliphatic hydroxyl groups is 1. The highest BCUT2D eigenvalue weighted by Crippen LogP contribution is 2.24. The van der Waals surface area contributed by atoms with Gasteiger partial charge >= 0.3 is 6.09 Å². The van der Waals surface area contributed by atoms with E-state index in [1.807, 2.05) is 45.0 Å². The number of carbonyl (C=O) groups excluding carboxylic acids is 1. The van der Waals surface area contributed by atoms with E-state index in [9.17, 15) is 9.90 Å². The molecule has 1 amide bonds. The lowest BCUT2D eigenvalue weighted by Gasteiger charge is -2.28. The predicted octanol–water partition coefficient (Wildman–Crippen LogP) is 3.25. The van der Waals surface area contributed by atoms with Crippen LogP contribution in [-0.2, 0) is 11.2 Å². The van der Waals surface area contributed by atoms with Crippen LogP contribution in [-0.4, -0.2) is 40.4 Å². The maximum atomic E-state index is 12.2. The number of β-amino-alcohol motifs (C(OH)–C–C–N with tert-alkyl or cyclic N) is 1. The van der Waals surface area contributed by atoms with Crippen LogP contribution >= 0.6 is 11.6 Å². The van der Waals surface area contributed by atoms with Gasteiger partial charge in [-0.1, -0.05) is 23.7 Å². The first-order valence-corrected chi connectivity index (χ1v) is 7.54. The maximum Gasteiger partial charge on any atom is 0.410 e. The van der Waals surface area contributed by atoms with Crippen LogP contribution in [0.2, 0.25) is 5.02 Å². The topological polar surface area (TPSA) is 49.8 Å². The number of benzene rings is 1. The molecule has 0 aliphatic carbocycles. The molecule has 21 heavy (non-hydrogen) atoms. The van der Waals surface area contributed by atoms with Crippen LogP contribution < -0.4 is 0 Å². The molecule has 0 unspecified atom stereocenters. The molecule has 0 aromatic heterocycles. The van der Waals surface area contributed by atoms with Gasteiger partial charge in [0.25, 0.3) is 0 Å². The zero-order valence-corrected chi connectivity index (χ0v) is 13.4. The second-order valence-corrected chi connectivity index (χ2v) is 6.94. The average molecular weight is 312 g/mol. The van der Waals surface area contributed by atoms with Gasteiger partial charge in [0.15, 0.2) is 0 Å². The van der Waals surface area contributed by atoms with Crippen molar-refractivity contribution in [1.29, 1.82) is 0 Å². The van der Waals surface area contributed by atoms with E-state index in [2.05, 4.69) is 0 Å². The van der Waals surface area contributed by atoms with Gasteiger partial charge < -0.3 is 14.7 Å². The number of rotatable bonds is 2. The summed E-state index contributed by atoms with van der Waals surface area (Å²) in [7, 11) is 0. The molecule has 0 saturated carbocycles. The summed E-state index contributed by atoms with van der Waals surface area (Å²) >= 11 is 5.88. The van der Waals surface area contributed by atoms with Crippen LogP contribution in [0.1, 0.15) is 32.8 Å². The standard InChI is InChI=1S/C16H22ClNO3/c1-16(2,3)21-15(20)18-10-14(19)9-13(18)8-11-4-6-12(17)7-5-11/h4-7,13-14,19H,8-10H2,1-3H3/t13-,14-/m0/s1. The van der Waals surface area contributed by atoms with Gasteiger partial charge in [-0.05, 0) is 51.3 Å². The van der Waals surface area contributed by atoms with E-state index < -0.39 is 11.7 Å². The lowest BCUT2D eigenvalue weighted by Crippen LogP contribution is -2.41. The number of ether oxygens (including phenoxy) is 1. The van der Waals surface area contributed by atoms with Crippen LogP contribution in [0, 0.1) is 0 Å². The Morgan fingerprint density at radius 2 is 2.00 bits per heavy atom. The highest BCUT2D eigenvalue weighted by atomic mass is 35.5. The zero-order valence-electron chi connectivity index (χ0n) is 12.7.